The Morgan fingerprint density at radius 2 is 2.00 bits per heavy atom. The lowest BCUT2D eigenvalue weighted by atomic mass is 10.1. The smallest absolute Gasteiger partial charge is 0.311 e. The minimum atomic E-state index is -0.500. The first-order valence-electron chi connectivity index (χ1n) is 7.73. The number of hydrogen-bond acceptors (Lipinski definition) is 6. The number of rotatable bonds is 8. The second kappa shape index (κ2) is 8.63. The number of methoxy groups -OCH3 is 1. The largest absolute Gasteiger partial charge is 0.490 e. The van der Waals surface area contributed by atoms with Gasteiger partial charge in [-0.2, -0.15) is 0 Å². The van der Waals surface area contributed by atoms with Crippen molar-refractivity contribution < 1.29 is 23.9 Å². The Bertz CT molecular complexity index is 579. The number of nitro benzene ring substituents is 1. The third-order valence-corrected chi connectivity index (χ3v) is 3.05. The van der Waals surface area contributed by atoms with Crippen LogP contribution in [0, 0.1) is 16.0 Å². The number of carbonyl (C=O) groups is 1. The van der Waals surface area contributed by atoms with Gasteiger partial charge in [-0.15, -0.1) is 0 Å². The molecule has 0 bridgehead atoms. The van der Waals surface area contributed by atoms with Gasteiger partial charge in [0.25, 0.3) is 0 Å². The third-order valence-electron chi connectivity index (χ3n) is 3.05. The predicted molar refractivity (Wildman–Crippen MR) is 88.9 cm³/mol. The Hall–Kier alpha value is -2.15. The molecule has 7 heteroatoms. The summed E-state index contributed by atoms with van der Waals surface area (Å²) in [7, 11) is 1.39. The van der Waals surface area contributed by atoms with E-state index < -0.39 is 10.5 Å². The first-order valence-corrected chi connectivity index (χ1v) is 7.73. The molecule has 0 amide bonds. The molecule has 1 aromatic rings. The van der Waals surface area contributed by atoms with Crippen LogP contribution in [-0.4, -0.2) is 30.2 Å². The summed E-state index contributed by atoms with van der Waals surface area (Å²) < 4.78 is 15.8. The molecule has 0 saturated carbocycles. The average molecular weight is 339 g/mol. The van der Waals surface area contributed by atoms with E-state index in [1.807, 2.05) is 27.7 Å². The molecule has 0 radical (unpaired) electrons. The summed E-state index contributed by atoms with van der Waals surface area (Å²) in [4.78, 5) is 22.2. The summed E-state index contributed by atoms with van der Waals surface area (Å²) >= 11 is 0. The van der Waals surface area contributed by atoms with Crippen LogP contribution >= 0.6 is 0 Å². The Labute approximate surface area is 142 Å². The first-order chi connectivity index (χ1) is 11.1. The van der Waals surface area contributed by atoms with Crippen molar-refractivity contribution in [3.8, 4) is 5.75 Å². The molecule has 0 spiro atoms. The molecular weight excluding hydrogens is 314 g/mol. The quantitative estimate of drug-likeness (QED) is 0.409. The fourth-order valence-electron chi connectivity index (χ4n) is 2.07. The zero-order valence-corrected chi connectivity index (χ0v) is 14.8. The van der Waals surface area contributed by atoms with Gasteiger partial charge in [0.1, 0.15) is 5.60 Å². The first kappa shape index (κ1) is 19.9. The number of hydrogen-bond donors (Lipinski definition) is 0. The molecule has 1 aromatic carbocycles. The fourth-order valence-corrected chi connectivity index (χ4v) is 2.07. The van der Waals surface area contributed by atoms with Crippen LogP contribution in [0.3, 0.4) is 0 Å². The standard InChI is InChI=1S/C17H25NO6/c1-12(8-16(19)24-17(2,3)4)10-23-11-13-6-7-15(22-5)14(9-13)18(20)21/h6-7,9,12H,8,10-11H2,1-5H3. The van der Waals surface area contributed by atoms with Crippen molar-refractivity contribution in [3.63, 3.8) is 0 Å². The van der Waals surface area contributed by atoms with Crippen molar-refractivity contribution in [2.24, 2.45) is 5.92 Å². The molecule has 1 atom stereocenters. The number of benzene rings is 1. The lowest BCUT2D eigenvalue weighted by Gasteiger charge is -2.21. The summed E-state index contributed by atoms with van der Waals surface area (Å²) in [5, 5.41) is 11.0. The van der Waals surface area contributed by atoms with Crippen molar-refractivity contribution in [1.82, 2.24) is 0 Å². The van der Waals surface area contributed by atoms with Crippen molar-refractivity contribution >= 4 is 11.7 Å². The van der Waals surface area contributed by atoms with E-state index in [2.05, 4.69) is 0 Å². The summed E-state index contributed by atoms with van der Waals surface area (Å²) in [5.41, 5.74) is 0.0760. The van der Waals surface area contributed by atoms with E-state index in [9.17, 15) is 14.9 Å². The molecule has 134 valence electrons. The van der Waals surface area contributed by atoms with Gasteiger partial charge in [-0.05, 0) is 38.3 Å². The number of ether oxygens (including phenoxy) is 3. The SMILES string of the molecule is COc1ccc(COCC(C)CC(=O)OC(C)(C)C)cc1[N+](=O)[O-]. The highest BCUT2D eigenvalue weighted by atomic mass is 16.6. The molecule has 0 fully saturated rings. The summed E-state index contributed by atoms with van der Waals surface area (Å²) in [6.07, 6.45) is 0.264. The Morgan fingerprint density at radius 3 is 2.54 bits per heavy atom. The number of nitrogens with zero attached hydrogens (tertiary/aromatic N) is 1. The lowest BCUT2D eigenvalue weighted by molar-refractivity contribution is -0.385. The van der Waals surface area contributed by atoms with Crippen LogP contribution in [0.2, 0.25) is 0 Å². The van der Waals surface area contributed by atoms with Gasteiger partial charge >= 0.3 is 11.7 Å². The van der Waals surface area contributed by atoms with Gasteiger partial charge in [0.15, 0.2) is 5.75 Å². The Balaban J connectivity index is 2.48. The molecule has 24 heavy (non-hydrogen) atoms. The van der Waals surface area contributed by atoms with E-state index in [-0.39, 0.29) is 36.4 Å². The van der Waals surface area contributed by atoms with Crippen molar-refractivity contribution in [2.45, 2.75) is 46.3 Å². The van der Waals surface area contributed by atoms with E-state index in [1.54, 1.807) is 12.1 Å². The van der Waals surface area contributed by atoms with Gasteiger partial charge in [0, 0.05) is 6.07 Å². The molecule has 0 heterocycles. The Morgan fingerprint density at radius 1 is 1.33 bits per heavy atom. The van der Waals surface area contributed by atoms with Gasteiger partial charge < -0.3 is 14.2 Å². The summed E-state index contributed by atoms with van der Waals surface area (Å²) in [6.45, 7) is 7.94. The van der Waals surface area contributed by atoms with Crippen molar-refractivity contribution in [1.29, 1.82) is 0 Å². The normalized spacial score (nSPS) is 12.5. The van der Waals surface area contributed by atoms with Gasteiger partial charge in [-0.1, -0.05) is 13.0 Å². The molecule has 0 aliphatic rings. The molecule has 0 aliphatic carbocycles. The number of carbonyl (C=O) groups excluding carboxylic acids is 1. The highest BCUT2D eigenvalue weighted by Gasteiger charge is 2.19. The summed E-state index contributed by atoms with van der Waals surface area (Å²) in [6, 6.07) is 4.68. The van der Waals surface area contributed by atoms with Gasteiger partial charge in [0.05, 0.1) is 31.7 Å². The van der Waals surface area contributed by atoms with Crippen LogP contribution in [0.15, 0.2) is 18.2 Å². The minimum absolute atomic E-state index is 0.00640. The molecule has 1 rings (SSSR count). The van der Waals surface area contributed by atoms with Crippen LogP contribution in [-0.2, 0) is 20.9 Å². The lowest BCUT2D eigenvalue weighted by Crippen LogP contribution is -2.25. The predicted octanol–water partition coefficient (Wildman–Crippen LogP) is 3.49. The second-order valence-corrected chi connectivity index (χ2v) is 6.67. The molecule has 1 unspecified atom stereocenters. The van der Waals surface area contributed by atoms with Gasteiger partial charge in [0.2, 0.25) is 0 Å². The highest BCUT2D eigenvalue weighted by Crippen LogP contribution is 2.27. The zero-order valence-electron chi connectivity index (χ0n) is 14.8. The molecule has 0 aliphatic heterocycles. The molecule has 7 nitrogen and oxygen atoms in total. The van der Waals surface area contributed by atoms with Crippen LogP contribution in [0.4, 0.5) is 5.69 Å². The van der Waals surface area contributed by atoms with E-state index in [0.29, 0.717) is 12.2 Å². The Kier molecular flexibility index (Phi) is 7.16. The monoisotopic (exact) mass is 339 g/mol. The maximum Gasteiger partial charge on any atom is 0.311 e. The van der Waals surface area contributed by atoms with E-state index in [4.69, 9.17) is 14.2 Å². The van der Waals surface area contributed by atoms with Gasteiger partial charge in [-0.3, -0.25) is 14.9 Å². The number of esters is 1. The topological polar surface area (TPSA) is 87.9 Å². The minimum Gasteiger partial charge on any atom is -0.490 e. The van der Waals surface area contributed by atoms with Crippen molar-refractivity contribution in [2.75, 3.05) is 13.7 Å². The fraction of sp³-hybridized carbons (Fsp3) is 0.588. The van der Waals surface area contributed by atoms with E-state index >= 15 is 0 Å². The number of nitro groups is 1. The van der Waals surface area contributed by atoms with Crippen LogP contribution in [0.5, 0.6) is 5.75 Å². The van der Waals surface area contributed by atoms with Crippen molar-refractivity contribution in [3.05, 3.63) is 33.9 Å². The van der Waals surface area contributed by atoms with E-state index in [0.717, 1.165) is 0 Å². The molecule has 0 N–H and O–H groups in total. The second-order valence-electron chi connectivity index (χ2n) is 6.67. The van der Waals surface area contributed by atoms with Crippen LogP contribution in [0.25, 0.3) is 0 Å². The summed E-state index contributed by atoms with van der Waals surface area (Å²) in [5.74, 6) is -0.0613. The van der Waals surface area contributed by atoms with Crippen LogP contribution in [0.1, 0.15) is 39.7 Å². The molecular formula is C17H25NO6. The molecule has 0 aromatic heterocycles. The highest BCUT2D eigenvalue weighted by molar-refractivity contribution is 5.70. The maximum absolute atomic E-state index is 11.7. The van der Waals surface area contributed by atoms with Gasteiger partial charge in [-0.25, -0.2) is 0 Å². The molecule has 0 saturated heterocycles. The maximum atomic E-state index is 11.7. The average Bonchev–Trinajstić information content (AvgIpc) is 2.44. The zero-order chi connectivity index (χ0) is 18.3. The van der Waals surface area contributed by atoms with E-state index in [1.165, 1.54) is 13.2 Å². The third kappa shape index (κ3) is 6.95. The van der Waals surface area contributed by atoms with Crippen LogP contribution < -0.4 is 4.74 Å².